The molecule has 1 saturated heterocycles. The van der Waals surface area contributed by atoms with Crippen LogP contribution < -0.4 is 0 Å². The van der Waals surface area contributed by atoms with Crippen LogP contribution in [0.3, 0.4) is 0 Å². The normalized spacial score (nSPS) is 35.5. The van der Waals surface area contributed by atoms with Crippen molar-refractivity contribution in [3.05, 3.63) is 12.7 Å². The molecule has 0 radical (unpaired) electrons. The van der Waals surface area contributed by atoms with Crippen LogP contribution in [0.1, 0.15) is 13.3 Å². The minimum atomic E-state index is 0.548. The largest absolute Gasteiger partial charge is 0.291 e. The fourth-order valence-electron chi connectivity index (χ4n) is 1.60. The van der Waals surface area contributed by atoms with E-state index in [-0.39, 0.29) is 0 Å². The van der Waals surface area contributed by atoms with Crippen molar-refractivity contribution >= 4 is 0 Å². The third-order valence-electron chi connectivity index (χ3n) is 2.80. The number of hydrogen-bond donors (Lipinski definition) is 0. The summed E-state index contributed by atoms with van der Waals surface area (Å²) in [6, 6.07) is 0.571. The fourth-order valence-corrected chi connectivity index (χ4v) is 1.60. The Bertz CT molecular complexity index is 144. The average molecular weight is 154 g/mol. The van der Waals surface area contributed by atoms with Gasteiger partial charge in [-0.15, -0.1) is 6.58 Å². The number of nitrogens with zero attached hydrogens (tertiary/aromatic N) is 2. The van der Waals surface area contributed by atoms with Crippen LogP contribution in [-0.4, -0.2) is 42.6 Å². The van der Waals surface area contributed by atoms with Crippen molar-refractivity contribution in [1.29, 1.82) is 0 Å². The van der Waals surface area contributed by atoms with Gasteiger partial charge in [0.1, 0.15) is 0 Å². The Morgan fingerprint density at radius 3 is 2.64 bits per heavy atom. The highest BCUT2D eigenvalue weighted by molar-refractivity contribution is 4.91. The van der Waals surface area contributed by atoms with Gasteiger partial charge >= 0.3 is 0 Å². The molecule has 0 aromatic heterocycles. The Labute approximate surface area is 69.5 Å². The minimum Gasteiger partial charge on any atom is -0.291 e. The van der Waals surface area contributed by atoms with E-state index >= 15 is 0 Å². The van der Waals surface area contributed by atoms with Crippen molar-refractivity contribution in [1.82, 2.24) is 9.80 Å². The van der Waals surface area contributed by atoms with Gasteiger partial charge in [-0.3, -0.25) is 9.80 Å². The lowest BCUT2D eigenvalue weighted by Crippen LogP contribution is -2.52. The molecule has 0 N–H and O–H groups in total. The molecule has 0 bridgehead atoms. The summed E-state index contributed by atoms with van der Waals surface area (Å²) in [5.74, 6) is 0. The molecule has 0 aromatic carbocycles. The third kappa shape index (κ3) is 1.63. The van der Waals surface area contributed by atoms with Crippen LogP contribution in [0.2, 0.25) is 0 Å². The molecule has 0 aromatic rings. The van der Waals surface area contributed by atoms with Crippen molar-refractivity contribution in [2.45, 2.75) is 25.6 Å². The van der Waals surface area contributed by atoms with Crippen LogP contribution >= 0.6 is 0 Å². The van der Waals surface area contributed by atoms with Crippen molar-refractivity contribution in [2.75, 3.05) is 20.6 Å². The molecule has 2 unspecified atom stereocenters. The predicted octanol–water partition coefficient (Wildman–Crippen LogP) is 1.15. The minimum absolute atomic E-state index is 0.548. The first-order chi connectivity index (χ1) is 5.16. The average Bonchev–Trinajstić information content (AvgIpc) is 2.01. The zero-order valence-electron chi connectivity index (χ0n) is 7.75. The zero-order valence-corrected chi connectivity index (χ0v) is 7.75. The first-order valence-corrected chi connectivity index (χ1v) is 4.21. The van der Waals surface area contributed by atoms with Crippen LogP contribution in [0, 0.1) is 0 Å². The summed E-state index contributed by atoms with van der Waals surface area (Å²) in [6.45, 7) is 7.25. The Hall–Kier alpha value is -0.340. The Kier molecular flexibility index (Phi) is 2.68. The van der Waals surface area contributed by atoms with E-state index in [1.165, 1.54) is 13.0 Å². The second-order valence-electron chi connectivity index (χ2n) is 3.37. The van der Waals surface area contributed by atoms with Gasteiger partial charge in [-0.2, -0.15) is 0 Å². The second-order valence-corrected chi connectivity index (χ2v) is 3.37. The topological polar surface area (TPSA) is 6.48 Å². The maximum atomic E-state index is 3.83. The summed E-state index contributed by atoms with van der Waals surface area (Å²) in [5, 5.41) is 0. The number of rotatable bonds is 1. The van der Waals surface area contributed by atoms with Crippen LogP contribution in [0.25, 0.3) is 0 Å². The molecule has 11 heavy (non-hydrogen) atoms. The van der Waals surface area contributed by atoms with E-state index in [1.807, 2.05) is 6.08 Å². The van der Waals surface area contributed by atoms with Gasteiger partial charge in [-0.1, -0.05) is 6.08 Å². The summed E-state index contributed by atoms with van der Waals surface area (Å²) in [7, 11) is 4.33. The molecule has 64 valence electrons. The van der Waals surface area contributed by atoms with Crippen LogP contribution in [0.15, 0.2) is 12.7 Å². The third-order valence-corrected chi connectivity index (χ3v) is 2.80. The maximum Gasteiger partial charge on any atom is 0.0593 e. The summed E-state index contributed by atoms with van der Waals surface area (Å²) < 4.78 is 0. The van der Waals surface area contributed by atoms with Gasteiger partial charge < -0.3 is 0 Å². The predicted molar refractivity (Wildman–Crippen MR) is 48.5 cm³/mol. The standard InChI is InChI=1S/C9H18N2/c1-5-9-6-7-10(3)8(2)11(9)4/h5,8-9H,1,6-7H2,2-4H3. The molecule has 0 amide bonds. The van der Waals surface area contributed by atoms with Crippen molar-refractivity contribution in [3.63, 3.8) is 0 Å². The van der Waals surface area contributed by atoms with Crippen molar-refractivity contribution < 1.29 is 0 Å². The van der Waals surface area contributed by atoms with Crippen LogP contribution in [-0.2, 0) is 0 Å². The molecule has 2 nitrogen and oxygen atoms in total. The monoisotopic (exact) mass is 154 g/mol. The molecule has 2 heteroatoms. The highest BCUT2D eigenvalue weighted by Gasteiger charge is 2.25. The van der Waals surface area contributed by atoms with Gasteiger partial charge in [-0.25, -0.2) is 0 Å². The summed E-state index contributed by atoms with van der Waals surface area (Å²) in [6.07, 6.45) is 3.80. The maximum absolute atomic E-state index is 3.83. The quantitative estimate of drug-likeness (QED) is 0.523. The van der Waals surface area contributed by atoms with Crippen molar-refractivity contribution in [3.8, 4) is 0 Å². The highest BCUT2D eigenvalue weighted by atomic mass is 15.4. The van der Waals surface area contributed by atoms with E-state index in [9.17, 15) is 0 Å². The van der Waals surface area contributed by atoms with E-state index in [0.717, 1.165) is 0 Å². The summed E-state index contributed by atoms with van der Waals surface area (Å²) in [4.78, 5) is 4.72. The first-order valence-electron chi connectivity index (χ1n) is 4.21. The molecule has 1 fully saturated rings. The molecule has 0 saturated carbocycles. The van der Waals surface area contributed by atoms with Crippen LogP contribution in [0.4, 0.5) is 0 Å². The van der Waals surface area contributed by atoms with E-state index in [2.05, 4.69) is 37.4 Å². The fraction of sp³-hybridized carbons (Fsp3) is 0.778. The molecular weight excluding hydrogens is 136 g/mol. The van der Waals surface area contributed by atoms with E-state index in [0.29, 0.717) is 12.2 Å². The Balaban J connectivity index is 2.58. The van der Waals surface area contributed by atoms with Gasteiger partial charge in [0, 0.05) is 12.6 Å². The van der Waals surface area contributed by atoms with Gasteiger partial charge in [0.15, 0.2) is 0 Å². The first kappa shape index (κ1) is 8.75. The zero-order chi connectivity index (χ0) is 8.43. The molecule has 0 aliphatic carbocycles. The Morgan fingerprint density at radius 1 is 1.45 bits per heavy atom. The van der Waals surface area contributed by atoms with E-state index < -0.39 is 0 Å². The van der Waals surface area contributed by atoms with Crippen molar-refractivity contribution in [2.24, 2.45) is 0 Å². The smallest absolute Gasteiger partial charge is 0.0593 e. The van der Waals surface area contributed by atoms with Gasteiger partial charge in [0.05, 0.1) is 6.17 Å². The molecule has 1 aliphatic heterocycles. The van der Waals surface area contributed by atoms with Crippen LogP contribution in [0.5, 0.6) is 0 Å². The lowest BCUT2D eigenvalue weighted by Gasteiger charge is -2.42. The SMILES string of the molecule is C=CC1CCN(C)C(C)N1C. The molecule has 1 rings (SSSR count). The summed E-state index contributed by atoms with van der Waals surface area (Å²) in [5.41, 5.74) is 0. The van der Waals surface area contributed by atoms with Gasteiger partial charge in [0.25, 0.3) is 0 Å². The van der Waals surface area contributed by atoms with Gasteiger partial charge in [-0.05, 0) is 27.4 Å². The lowest BCUT2D eigenvalue weighted by atomic mass is 10.1. The second kappa shape index (κ2) is 3.37. The molecule has 2 atom stereocenters. The number of likely N-dealkylation sites (N-methyl/N-ethyl adjacent to an activating group) is 1. The lowest BCUT2D eigenvalue weighted by molar-refractivity contribution is 0.0294. The Morgan fingerprint density at radius 2 is 2.09 bits per heavy atom. The molecule has 1 aliphatic rings. The van der Waals surface area contributed by atoms with Gasteiger partial charge in [0.2, 0.25) is 0 Å². The van der Waals surface area contributed by atoms with E-state index in [4.69, 9.17) is 0 Å². The highest BCUT2D eigenvalue weighted by Crippen LogP contribution is 2.16. The summed E-state index contributed by atoms with van der Waals surface area (Å²) >= 11 is 0. The number of hydrogen-bond acceptors (Lipinski definition) is 2. The molecular formula is C9H18N2. The molecule has 0 spiro atoms. The van der Waals surface area contributed by atoms with E-state index in [1.54, 1.807) is 0 Å². The molecule has 1 heterocycles.